The van der Waals surface area contributed by atoms with Crippen LogP contribution in [-0.4, -0.2) is 41.4 Å². The van der Waals surface area contributed by atoms with Gasteiger partial charge >= 0.3 is 6.03 Å². The molecule has 4 rings (SSSR count). The van der Waals surface area contributed by atoms with E-state index in [1.807, 2.05) is 25.1 Å². The molecule has 25 heavy (non-hydrogen) atoms. The summed E-state index contributed by atoms with van der Waals surface area (Å²) >= 11 is 0. The van der Waals surface area contributed by atoms with Gasteiger partial charge in [0.2, 0.25) is 0 Å². The molecular weight excluding hydrogens is 322 g/mol. The fraction of sp³-hybridized carbons (Fsp3) is 0.235. The van der Waals surface area contributed by atoms with Crippen molar-refractivity contribution in [1.82, 2.24) is 15.5 Å². The highest BCUT2D eigenvalue weighted by Gasteiger charge is 2.27. The average Bonchev–Trinajstić information content (AvgIpc) is 3.25. The number of nitrogens with one attached hydrogen (secondary N) is 1. The lowest BCUT2D eigenvalue weighted by Crippen LogP contribution is -2.28. The summed E-state index contributed by atoms with van der Waals surface area (Å²) in [7, 11) is 0. The molecule has 1 unspecified atom stereocenters. The minimum Gasteiger partial charge on any atom is -0.336 e. The summed E-state index contributed by atoms with van der Waals surface area (Å²) in [6.45, 7) is 3.12. The third kappa shape index (κ3) is 2.61. The van der Waals surface area contributed by atoms with E-state index in [9.17, 15) is 9.59 Å². The Balaban J connectivity index is 1.69. The lowest BCUT2D eigenvalue weighted by molar-refractivity contribution is -0.118. The Hall–Kier alpha value is -3.29. The van der Waals surface area contributed by atoms with Crippen molar-refractivity contribution >= 4 is 23.8 Å². The molecule has 0 bridgehead atoms. The molecule has 2 aliphatic heterocycles. The Morgan fingerprint density at radius 2 is 2.20 bits per heavy atom. The number of urea groups is 1. The van der Waals surface area contributed by atoms with Crippen molar-refractivity contribution in [3.63, 3.8) is 0 Å². The van der Waals surface area contributed by atoms with Crippen LogP contribution in [0.4, 0.5) is 10.5 Å². The van der Waals surface area contributed by atoms with Crippen molar-refractivity contribution < 1.29 is 14.1 Å². The number of nitrogens with zero attached hydrogens (tertiary/aromatic N) is 4. The van der Waals surface area contributed by atoms with Crippen molar-refractivity contribution in [1.29, 1.82) is 0 Å². The first kappa shape index (κ1) is 15.3. The zero-order valence-corrected chi connectivity index (χ0v) is 13.5. The molecule has 1 saturated heterocycles. The monoisotopic (exact) mass is 337 g/mol. The second-order valence-corrected chi connectivity index (χ2v) is 5.77. The highest BCUT2D eigenvalue weighted by molar-refractivity contribution is 5.97. The van der Waals surface area contributed by atoms with Crippen molar-refractivity contribution in [2.24, 2.45) is 4.99 Å². The van der Waals surface area contributed by atoms with Crippen molar-refractivity contribution in [2.75, 3.05) is 18.0 Å². The zero-order chi connectivity index (χ0) is 17.4. The minimum absolute atomic E-state index is 0.123. The van der Waals surface area contributed by atoms with Crippen LogP contribution in [0.3, 0.4) is 0 Å². The number of rotatable bonds is 3. The highest BCUT2D eigenvalue weighted by atomic mass is 16.5. The molecule has 1 atom stereocenters. The van der Waals surface area contributed by atoms with Gasteiger partial charge in [0, 0.05) is 30.6 Å². The molecule has 8 heteroatoms. The highest BCUT2D eigenvalue weighted by Crippen LogP contribution is 2.31. The molecular formula is C17H15N5O3. The maximum absolute atomic E-state index is 11.9. The summed E-state index contributed by atoms with van der Waals surface area (Å²) in [5.74, 6) is -0.370. The van der Waals surface area contributed by atoms with E-state index in [2.05, 4.69) is 20.4 Å². The van der Waals surface area contributed by atoms with Crippen LogP contribution in [0.25, 0.3) is 11.5 Å². The van der Waals surface area contributed by atoms with Crippen LogP contribution in [0, 0.1) is 6.92 Å². The first-order valence-electron chi connectivity index (χ1n) is 7.89. The molecule has 1 aromatic carbocycles. The first-order valence-corrected chi connectivity index (χ1v) is 7.89. The van der Waals surface area contributed by atoms with Crippen LogP contribution in [0.15, 0.2) is 39.9 Å². The van der Waals surface area contributed by atoms with E-state index in [0.29, 0.717) is 19.0 Å². The van der Waals surface area contributed by atoms with Gasteiger partial charge in [-0.2, -0.15) is 4.98 Å². The molecule has 3 heterocycles. The number of hydrogen-bond donors (Lipinski definition) is 1. The van der Waals surface area contributed by atoms with E-state index in [4.69, 9.17) is 4.52 Å². The van der Waals surface area contributed by atoms with Gasteiger partial charge in [-0.05, 0) is 30.7 Å². The first-order chi connectivity index (χ1) is 12.1. The summed E-state index contributed by atoms with van der Waals surface area (Å²) < 4.78 is 5.36. The summed E-state index contributed by atoms with van der Waals surface area (Å²) in [4.78, 5) is 33.6. The number of carbonyl (C=O) groups is 2. The molecule has 1 aromatic heterocycles. The number of anilines is 1. The number of dihydropyridines is 1. The van der Waals surface area contributed by atoms with Gasteiger partial charge in [0.05, 0.1) is 0 Å². The second kappa shape index (κ2) is 5.97. The fourth-order valence-corrected chi connectivity index (χ4v) is 2.96. The van der Waals surface area contributed by atoms with Crippen LogP contribution in [-0.2, 0) is 4.79 Å². The van der Waals surface area contributed by atoms with Crippen LogP contribution >= 0.6 is 0 Å². The predicted molar refractivity (Wildman–Crippen MR) is 90.6 cm³/mol. The zero-order valence-electron chi connectivity index (χ0n) is 13.5. The number of aliphatic imine (C=N–C) groups is 1. The van der Waals surface area contributed by atoms with E-state index >= 15 is 0 Å². The summed E-state index contributed by atoms with van der Waals surface area (Å²) in [5.41, 5.74) is 2.38. The maximum atomic E-state index is 11.9. The number of hydrogen-bond acceptors (Lipinski definition) is 5. The molecule has 0 aliphatic carbocycles. The average molecular weight is 337 g/mol. The Morgan fingerprint density at radius 1 is 1.32 bits per heavy atom. The van der Waals surface area contributed by atoms with Crippen LogP contribution in [0.2, 0.25) is 0 Å². The third-order valence-corrected chi connectivity index (χ3v) is 4.26. The predicted octanol–water partition coefficient (Wildman–Crippen LogP) is 1.83. The van der Waals surface area contributed by atoms with Gasteiger partial charge in [0.1, 0.15) is 5.92 Å². The molecule has 2 aliphatic rings. The molecule has 1 N–H and O–H groups in total. The van der Waals surface area contributed by atoms with Crippen molar-refractivity contribution in [2.45, 2.75) is 12.8 Å². The van der Waals surface area contributed by atoms with Crippen molar-refractivity contribution in [3.05, 3.63) is 41.7 Å². The SMILES string of the molecule is Cc1c(-c2nc(C3C=CC=NC3=O)no2)cccc1N1CCNC1=O. The summed E-state index contributed by atoms with van der Waals surface area (Å²) in [6.07, 6.45) is 4.80. The molecule has 126 valence electrons. The molecule has 0 radical (unpaired) electrons. The Labute approximate surface area is 143 Å². The number of allylic oxidation sites excluding steroid dienone is 1. The van der Waals surface area contributed by atoms with Gasteiger partial charge in [0.15, 0.2) is 5.82 Å². The van der Waals surface area contributed by atoms with Gasteiger partial charge < -0.3 is 9.84 Å². The van der Waals surface area contributed by atoms with E-state index in [-0.39, 0.29) is 17.8 Å². The Bertz CT molecular complexity index is 915. The number of benzene rings is 1. The molecule has 8 nitrogen and oxygen atoms in total. The lowest BCUT2D eigenvalue weighted by Gasteiger charge is -2.18. The third-order valence-electron chi connectivity index (χ3n) is 4.26. The maximum Gasteiger partial charge on any atom is 0.322 e. The Morgan fingerprint density at radius 3 is 2.96 bits per heavy atom. The molecule has 0 spiro atoms. The molecule has 1 fully saturated rings. The van der Waals surface area contributed by atoms with E-state index in [1.165, 1.54) is 6.21 Å². The normalized spacial score (nSPS) is 19.6. The van der Waals surface area contributed by atoms with Crippen LogP contribution in [0.1, 0.15) is 17.3 Å². The quantitative estimate of drug-likeness (QED) is 0.921. The van der Waals surface area contributed by atoms with Gasteiger partial charge in [-0.1, -0.05) is 17.3 Å². The largest absolute Gasteiger partial charge is 0.336 e. The summed E-state index contributed by atoms with van der Waals surface area (Å²) in [6, 6.07) is 5.44. The number of amides is 3. The molecule has 3 amide bonds. The van der Waals surface area contributed by atoms with E-state index < -0.39 is 5.92 Å². The standard InChI is InChI=1S/C17H15N5O3/c1-10-11(4-2-6-13(10)22-9-8-19-17(22)24)16-20-14(21-25-16)12-5-3-7-18-15(12)23/h2-7,12H,8-9H2,1H3,(H,19,24). The number of carbonyl (C=O) groups excluding carboxylic acids is 2. The van der Waals surface area contributed by atoms with E-state index in [1.54, 1.807) is 17.1 Å². The van der Waals surface area contributed by atoms with Gasteiger partial charge in [0.25, 0.3) is 11.8 Å². The smallest absolute Gasteiger partial charge is 0.322 e. The van der Waals surface area contributed by atoms with Gasteiger partial charge in [-0.15, -0.1) is 0 Å². The fourth-order valence-electron chi connectivity index (χ4n) is 2.96. The van der Waals surface area contributed by atoms with Gasteiger partial charge in [-0.25, -0.2) is 9.79 Å². The minimum atomic E-state index is -0.629. The second-order valence-electron chi connectivity index (χ2n) is 5.77. The molecule has 2 aromatic rings. The Kier molecular flexibility index (Phi) is 3.64. The molecule has 0 saturated carbocycles. The van der Waals surface area contributed by atoms with Crippen LogP contribution in [0.5, 0.6) is 0 Å². The van der Waals surface area contributed by atoms with E-state index in [0.717, 1.165) is 16.8 Å². The van der Waals surface area contributed by atoms with Crippen molar-refractivity contribution in [3.8, 4) is 11.5 Å². The van der Waals surface area contributed by atoms with Gasteiger partial charge in [-0.3, -0.25) is 9.69 Å². The topological polar surface area (TPSA) is 101 Å². The lowest BCUT2D eigenvalue weighted by atomic mass is 10.0. The van der Waals surface area contributed by atoms with Crippen LogP contribution < -0.4 is 10.2 Å². The number of aromatic nitrogens is 2. The summed E-state index contributed by atoms with van der Waals surface area (Å²) in [5, 5.41) is 6.71.